The Hall–Kier alpha value is -5.93. The van der Waals surface area contributed by atoms with Crippen molar-refractivity contribution in [3.63, 3.8) is 0 Å². The zero-order chi connectivity index (χ0) is 45.8. The number of fused-ring (bicyclic) bond motifs is 2. The van der Waals surface area contributed by atoms with Gasteiger partial charge in [-0.15, -0.1) is 0 Å². The lowest BCUT2D eigenvalue weighted by Crippen LogP contribution is -2.49. The minimum atomic E-state index is -4.39. The molecule has 5 heterocycles. The van der Waals surface area contributed by atoms with E-state index >= 15 is 0 Å². The predicted octanol–water partition coefficient (Wildman–Crippen LogP) is 11.0. The number of carbonyl (C=O) groups is 2. The van der Waals surface area contributed by atoms with Crippen LogP contribution >= 0.6 is 46.4 Å². The van der Waals surface area contributed by atoms with Crippen molar-refractivity contribution in [3.8, 4) is 11.1 Å². The van der Waals surface area contributed by atoms with E-state index in [0.717, 1.165) is 59.1 Å². The van der Waals surface area contributed by atoms with E-state index in [0.29, 0.717) is 95.1 Å². The number of hydrogen-bond acceptors (Lipinski definition) is 9. The molecule has 0 radical (unpaired) electrons. The van der Waals surface area contributed by atoms with Crippen molar-refractivity contribution in [3.05, 3.63) is 157 Å². The molecule has 11 nitrogen and oxygen atoms in total. The van der Waals surface area contributed by atoms with Gasteiger partial charge in [-0.2, -0.15) is 13.2 Å². The predicted molar refractivity (Wildman–Crippen MR) is 252 cm³/mol. The summed E-state index contributed by atoms with van der Waals surface area (Å²) in [5, 5.41) is 18.6. The monoisotopic (exact) mass is 962 g/mol. The van der Waals surface area contributed by atoms with Crippen LogP contribution in [0.2, 0.25) is 20.1 Å². The van der Waals surface area contributed by atoms with Crippen molar-refractivity contribution in [2.75, 3.05) is 77.7 Å². The number of pyridine rings is 2. The fourth-order valence-electron chi connectivity index (χ4n) is 8.00. The smallest absolute Gasteiger partial charge is 0.416 e. The van der Waals surface area contributed by atoms with Crippen LogP contribution in [0.5, 0.6) is 0 Å². The number of carbonyl (C=O) groups excluding carboxylic acids is 1. The molecular formula is C47H41Cl4F3N8O3. The maximum absolute atomic E-state index is 13.3. The minimum absolute atomic E-state index is 0.162. The van der Waals surface area contributed by atoms with Crippen LogP contribution in [0.3, 0.4) is 0 Å². The summed E-state index contributed by atoms with van der Waals surface area (Å²) in [6, 6.07) is 26.8. The summed E-state index contributed by atoms with van der Waals surface area (Å²) in [5.41, 5.74) is 5.42. The molecular weight excluding hydrogens is 923 g/mol. The molecule has 65 heavy (non-hydrogen) atoms. The first-order valence-electron chi connectivity index (χ1n) is 20.6. The van der Waals surface area contributed by atoms with Crippen LogP contribution in [-0.4, -0.2) is 84.2 Å². The molecule has 0 atom stereocenters. The van der Waals surface area contributed by atoms with Gasteiger partial charge in [0.1, 0.15) is 11.6 Å². The van der Waals surface area contributed by atoms with Crippen molar-refractivity contribution >= 4 is 87.0 Å². The Bertz CT molecular complexity index is 2740. The quantitative estimate of drug-likeness (QED) is 0.136. The third kappa shape index (κ3) is 10.6. The summed E-state index contributed by atoms with van der Waals surface area (Å²) in [6.45, 7) is 5.68. The van der Waals surface area contributed by atoms with Gasteiger partial charge in [-0.05, 0) is 89.5 Å². The molecule has 3 aliphatic rings. The third-order valence-corrected chi connectivity index (χ3v) is 12.5. The van der Waals surface area contributed by atoms with Crippen LogP contribution in [0.4, 0.5) is 41.9 Å². The van der Waals surface area contributed by atoms with Crippen LogP contribution in [0.1, 0.15) is 37.4 Å². The lowest BCUT2D eigenvalue weighted by molar-refractivity contribution is -0.137. The largest absolute Gasteiger partial charge is 0.478 e. The highest BCUT2D eigenvalue weighted by Gasteiger charge is 2.32. The van der Waals surface area contributed by atoms with E-state index in [2.05, 4.69) is 30.4 Å². The van der Waals surface area contributed by atoms with E-state index in [1.54, 1.807) is 65.8 Å². The number of anilines is 5. The molecule has 2 aromatic heterocycles. The molecule has 6 aromatic rings. The van der Waals surface area contributed by atoms with Crippen LogP contribution in [0.25, 0.3) is 11.1 Å². The molecule has 0 bridgehead atoms. The Morgan fingerprint density at radius 1 is 0.662 bits per heavy atom. The molecule has 0 unspecified atom stereocenters. The van der Waals surface area contributed by atoms with E-state index in [-0.39, 0.29) is 11.5 Å². The van der Waals surface area contributed by atoms with E-state index < -0.39 is 17.7 Å². The van der Waals surface area contributed by atoms with Crippen LogP contribution in [0, 0.1) is 0 Å². The molecule has 1 amide bonds. The van der Waals surface area contributed by atoms with Gasteiger partial charge >= 0.3 is 12.1 Å². The maximum atomic E-state index is 13.3. The topological polar surface area (TPSA) is 117 Å². The fraction of sp³-hybridized carbons (Fsp3) is 0.234. The normalized spacial score (nSPS) is 14.6. The second kappa shape index (κ2) is 19.7. The summed E-state index contributed by atoms with van der Waals surface area (Å²) in [5.74, 6) is 0.329. The molecule has 18 heteroatoms. The fourth-order valence-corrected chi connectivity index (χ4v) is 8.75. The zero-order valence-corrected chi connectivity index (χ0v) is 37.6. The lowest BCUT2D eigenvalue weighted by atomic mass is 10.0. The molecule has 3 N–H and O–H groups in total. The Labute approximate surface area is 393 Å². The van der Waals surface area contributed by atoms with Gasteiger partial charge in [0.2, 0.25) is 0 Å². The summed E-state index contributed by atoms with van der Waals surface area (Å²) >= 11 is 25.0. The average Bonchev–Trinajstić information content (AvgIpc) is 3.31. The standard InChI is InChI=1S/C26H24Cl2F3N5O.C21H17Cl2N3O2/c27-20-4-5-22(28)18(12-20)16-36-7-6-32-24-23(36)13-17(15-33-24)25(37)35-10-8-34(9-11-35)21-3-1-2-19(14-21)26(29,30)31;22-15-5-6-18(23)14(9-15)12-26-8-7-24-20-19(26)10-13(11-25-20)16-3-1-2-4-17(16)21(27)28/h1-5,12-15H,6-11,16H2,(H,32,33);1-6,9-11H,7-8,12H2,(H,24,25)(H,27,28). The number of carboxylic acids is 1. The average molecular weight is 965 g/mol. The van der Waals surface area contributed by atoms with Gasteiger partial charge in [0.15, 0.2) is 0 Å². The van der Waals surface area contributed by atoms with Gasteiger partial charge in [-0.25, -0.2) is 14.8 Å². The van der Waals surface area contributed by atoms with E-state index in [1.807, 2.05) is 35.2 Å². The number of nitrogens with one attached hydrogen (secondary N) is 2. The van der Waals surface area contributed by atoms with Gasteiger partial charge in [-0.3, -0.25) is 4.79 Å². The van der Waals surface area contributed by atoms with Crippen LogP contribution in [-0.2, 0) is 19.3 Å². The Kier molecular flexibility index (Phi) is 13.8. The van der Waals surface area contributed by atoms with Crippen molar-refractivity contribution in [2.45, 2.75) is 19.3 Å². The number of piperazine rings is 1. The van der Waals surface area contributed by atoms with E-state index in [9.17, 15) is 27.9 Å². The minimum Gasteiger partial charge on any atom is -0.478 e. The van der Waals surface area contributed by atoms with Crippen molar-refractivity contribution in [1.82, 2.24) is 14.9 Å². The van der Waals surface area contributed by atoms with Crippen molar-refractivity contribution in [1.29, 1.82) is 0 Å². The third-order valence-electron chi connectivity index (χ3n) is 11.3. The number of nitrogens with zero attached hydrogens (tertiary/aromatic N) is 6. The Morgan fingerprint density at radius 2 is 1.25 bits per heavy atom. The first-order valence-corrected chi connectivity index (χ1v) is 22.1. The Morgan fingerprint density at radius 3 is 1.85 bits per heavy atom. The molecule has 0 aliphatic carbocycles. The number of alkyl halides is 3. The summed E-state index contributed by atoms with van der Waals surface area (Å²) in [6.07, 6.45) is -1.14. The summed E-state index contributed by atoms with van der Waals surface area (Å²) in [4.78, 5) is 41.8. The number of carboxylic acid groups (broad SMARTS) is 1. The van der Waals surface area contributed by atoms with Crippen LogP contribution < -0.4 is 25.3 Å². The molecule has 3 aliphatic heterocycles. The molecule has 1 fully saturated rings. The SMILES string of the molecule is O=C(O)c1ccccc1-c1cnc2c(c1)N(Cc1cc(Cl)ccc1Cl)CCN2.O=C(c1cnc2c(c1)N(Cc1cc(Cl)ccc1Cl)CCN2)N1CCN(c2cccc(C(F)(F)F)c2)CC1. The number of rotatable bonds is 8. The highest BCUT2D eigenvalue weighted by atomic mass is 35.5. The van der Waals surface area contributed by atoms with Crippen molar-refractivity contribution < 1.29 is 27.9 Å². The second-order valence-corrected chi connectivity index (χ2v) is 17.2. The molecule has 9 rings (SSSR count). The molecule has 0 saturated carbocycles. The van der Waals surface area contributed by atoms with E-state index in [4.69, 9.17) is 46.4 Å². The van der Waals surface area contributed by atoms with E-state index in [1.165, 1.54) is 6.07 Å². The highest BCUT2D eigenvalue weighted by molar-refractivity contribution is 6.34. The molecule has 336 valence electrons. The number of halogens is 7. The van der Waals surface area contributed by atoms with Gasteiger partial charge < -0.3 is 35.3 Å². The van der Waals surface area contributed by atoms with Crippen molar-refractivity contribution in [2.24, 2.45) is 0 Å². The first-order chi connectivity index (χ1) is 31.2. The van der Waals surface area contributed by atoms with Gasteiger partial charge in [0.25, 0.3) is 5.91 Å². The van der Waals surface area contributed by atoms with Gasteiger partial charge in [0, 0.05) is 109 Å². The molecule has 4 aromatic carbocycles. The van der Waals surface area contributed by atoms with Gasteiger partial charge in [-0.1, -0.05) is 70.7 Å². The first kappa shape index (κ1) is 45.6. The maximum Gasteiger partial charge on any atom is 0.416 e. The summed E-state index contributed by atoms with van der Waals surface area (Å²) < 4.78 is 39.3. The number of benzene rings is 4. The number of hydrogen-bond donors (Lipinski definition) is 3. The highest BCUT2D eigenvalue weighted by Crippen LogP contribution is 2.36. The number of aromatic nitrogens is 2. The molecule has 0 spiro atoms. The second-order valence-electron chi connectivity index (χ2n) is 15.5. The molecule has 1 saturated heterocycles. The van der Waals surface area contributed by atoms with Crippen LogP contribution in [0.15, 0.2) is 109 Å². The number of amides is 1. The number of aromatic carboxylic acids is 1. The Balaban J connectivity index is 0.000000184. The summed E-state index contributed by atoms with van der Waals surface area (Å²) in [7, 11) is 0. The zero-order valence-electron chi connectivity index (χ0n) is 34.6. The lowest BCUT2D eigenvalue weighted by Gasteiger charge is -2.36. The van der Waals surface area contributed by atoms with Gasteiger partial charge in [0.05, 0.1) is 28.1 Å².